The number of hydrogen-bond acceptors (Lipinski definition) is 2. The van der Waals surface area contributed by atoms with Crippen molar-refractivity contribution in [3.8, 4) is 0 Å². The molecule has 110 valence electrons. The van der Waals surface area contributed by atoms with Gasteiger partial charge in [0.05, 0.1) is 0 Å². The highest BCUT2D eigenvalue weighted by molar-refractivity contribution is 5.92. The minimum Gasteiger partial charge on any atom is -0.366 e. The summed E-state index contributed by atoms with van der Waals surface area (Å²) in [6.45, 7) is 5.07. The molecule has 2 rings (SSSR count). The third-order valence-corrected chi connectivity index (χ3v) is 3.74. The second-order valence-corrected chi connectivity index (χ2v) is 5.26. The van der Waals surface area contributed by atoms with Crippen LogP contribution in [0.4, 0.5) is 0 Å². The first kappa shape index (κ1) is 15.3. The van der Waals surface area contributed by atoms with Crippen LogP contribution in [-0.4, -0.2) is 5.91 Å². The Hall–Kier alpha value is -2.13. The normalized spacial score (nSPS) is 12.1. The molecule has 0 saturated carbocycles. The molecule has 2 aromatic rings. The van der Waals surface area contributed by atoms with E-state index in [1.54, 1.807) is 12.1 Å². The summed E-state index contributed by atoms with van der Waals surface area (Å²) in [4.78, 5) is 11.0. The summed E-state index contributed by atoms with van der Waals surface area (Å²) in [6.07, 6.45) is 1.06. The van der Waals surface area contributed by atoms with Crippen LogP contribution >= 0.6 is 0 Å². The lowest BCUT2D eigenvalue weighted by Crippen LogP contribution is -2.18. The van der Waals surface area contributed by atoms with E-state index in [9.17, 15) is 4.79 Å². The minimum absolute atomic E-state index is 0.284. The Morgan fingerprint density at radius 3 is 2.14 bits per heavy atom. The van der Waals surface area contributed by atoms with Crippen molar-refractivity contribution in [3.63, 3.8) is 0 Å². The fraction of sp³-hybridized carbons (Fsp3) is 0.278. The second-order valence-electron chi connectivity index (χ2n) is 5.26. The maximum atomic E-state index is 11.0. The molecule has 0 aromatic heterocycles. The van der Waals surface area contributed by atoms with E-state index in [0.717, 1.165) is 18.5 Å². The summed E-state index contributed by atoms with van der Waals surface area (Å²) >= 11 is 0. The summed E-state index contributed by atoms with van der Waals surface area (Å²) in [5.74, 6) is -0.390. The first-order valence-corrected chi connectivity index (χ1v) is 7.31. The van der Waals surface area contributed by atoms with Gasteiger partial charge in [0, 0.05) is 18.2 Å². The number of aryl methyl sites for hydroxylation is 1. The van der Waals surface area contributed by atoms with Gasteiger partial charge >= 0.3 is 0 Å². The van der Waals surface area contributed by atoms with Crippen molar-refractivity contribution in [2.24, 2.45) is 5.73 Å². The number of rotatable bonds is 6. The molecule has 2 aromatic carbocycles. The van der Waals surface area contributed by atoms with E-state index in [1.165, 1.54) is 11.1 Å². The van der Waals surface area contributed by atoms with Gasteiger partial charge in [0.15, 0.2) is 0 Å². The predicted octanol–water partition coefficient (Wildman–Crippen LogP) is 3.20. The van der Waals surface area contributed by atoms with Crippen molar-refractivity contribution < 1.29 is 4.79 Å². The monoisotopic (exact) mass is 282 g/mol. The molecule has 0 saturated heterocycles. The fourth-order valence-electron chi connectivity index (χ4n) is 2.22. The Labute approximate surface area is 126 Å². The van der Waals surface area contributed by atoms with Crippen molar-refractivity contribution in [1.82, 2.24) is 5.32 Å². The number of nitrogens with one attached hydrogen (secondary N) is 1. The molecule has 0 aliphatic carbocycles. The van der Waals surface area contributed by atoms with Gasteiger partial charge in [-0.05, 0) is 42.2 Å². The first-order valence-electron chi connectivity index (χ1n) is 7.31. The van der Waals surface area contributed by atoms with Crippen molar-refractivity contribution >= 4 is 5.91 Å². The zero-order valence-corrected chi connectivity index (χ0v) is 12.6. The first-order chi connectivity index (χ1) is 10.1. The lowest BCUT2D eigenvalue weighted by molar-refractivity contribution is 0.100. The Morgan fingerprint density at radius 2 is 1.62 bits per heavy atom. The SMILES string of the molecule is CCc1ccc([C@@H](C)NCc2ccc(C(N)=O)cc2)cc1. The van der Waals surface area contributed by atoms with Crippen LogP contribution in [0.3, 0.4) is 0 Å². The van der Waals surface area contributed by atoms with Crippen LogP contribution in [-0.2, 0) is 13.0 Å². The van der Waals surface area contributed by atoms with Gasteiger partial charge in [0.2, 0.25) is 5.91 Å². The van der Waals surface area contributed by atoms with Crippen molar-refractivity contribution in [2.75, 3.05) is 0 Å². The molecular formula is C18H22N2O. The number of nitrogens with two attached hydrogens (primary N) is 1. The molecule has 0 aliphatic heterocycles. The quantitative estimate of drug-likeness (QED) is 0.855. The smallest absolute Gasteiger partial charge is 0.248 e. The van der Waals surface area contributed by atoms with Gasteiger partial charge in [-0.3, -0.25) is 4.79 Å². The van der Waals surface area contributed by atoms with Gasteiger partial charge < -0.3 is 11.1 Å². The van der Waals surface area contributed by atoms with Crippen LogP contribution in [0.15, 0.2) is 48.5 Å². The summed E-state index contributed by atoms with van der Waals surface area (Å²) in [7, 11) is 0. The van der Waals surface area contributed by atoms with Gasteiger partial charge in [0.1, 0.15) is 0 Å². The average molecular weight is 282 g/mol. The number of hydrogen-bond donors (Lipinski definition) is 2. The van der Waals surface area contributed by atoms with Crippen LogP contribution < -0.4 is 11.1 Å². The summed E-state index contributed by atoms with van der Waals surface area (Å²) < 4.78 is 0. The average Bonchev–Trinajstić information content (AvgIpc) is 2.53. The highest BCUT2D eigenvalue weighted by Crippen LogP contribution is 2.14. The summed E-state index contributed by atoms with van der Waals surface area (Å²) in [5, 5.41) is 3.49. The van der Waals surface area contributed by atoms with Gasteiger partial charge in [-0.1, -0.05) is 43.3 Å². The van der Waals surface area contributed by atoms with Crippen LogP contribution in [0.5, 0.6) is 0 Å². The largest absolute Gasteiger partial charge is 0.366 e. The lowest BCUT2D eigenvalue weighted by atomic mass is 10.0. The number of amides is 1. The van der Waals surface area contributed by atoms with Crippen LogP contribution in [0.25, 0.3) is 0 Å². The minimum atomic E-state index is -0.390. The summed E-state index contributed by atoms with van der Waals surface area (Å²) in [5.41, 5.74) is 9.54. The van der Waals surface area contributed by atoms with Gasteiger partial charge in [-0.2, -0.15) is 0 Å². The van der Waals surface area contributed by atoms with E-state index in [4.69, 9.17) is 5.73 Å². The molecule has 0 radical (unpaired) electrons. The van der Waals surface area contributed by atoms with Crippen molar-refractivity contribution in [3.05, 3.63) is 70.8 Å². The third kappa shape index (κ3) is 4.17. The number of carbonyl (C=O) groups excluding carboxylic acids is 1. The van der Waals surface area contributed by atoms with E-state index < -0.39 is 0 Å². The molecular weight excluding hydrogens is 260 g/mol. The lowest BCUT2D eigenvalue weighted by Gasteiger charge is -2.15. The molecule has 0 bridgehead atoms. The molecule has 3 nitrogen and oxygen atoms in total. The Bertz CT molecular complexity index is 588. The van der Waals surface area contributed by atoms with Crippen LogP contribution in [0.2, 0.25) is 0 Å². The Balaban J connectivity index is 1.93. The number of benzene rings is 2. The maximum Gasteiger partial charge on any atom is 0.248 e. The zero-order chi connectivity index (χ0) is 15.2. The summed E-state index contributed by atoms with van der Waals surface area (Å²) in [6, 6.07) is 16.4. The van der Waals surface area contributed by atoms with Gasteiger partial charge in [0.25, 0.3) is 0 Å². The van der Waals surface area contributed by atoms with E-state index in [-0.39, 0.29) is 11.9 Å². The Kier molecular flexibility index (Phi) is 5.12. The van der Waals surface area contributed by atoms with E-state index in [0.29, 0.717) is 5.56 Å². The molecule has 3 N–H and O–H groups in total. The third-order valence-electron chi connectivity index (χ3n) is 3.74. The molecule has 1 amide bonds. The number of primary amides is 1. The Morgan fingerprint density at radius 1 is 1.05 bits per heavy atom. The molecule has 0 aliphatic rings. The molecule has 0 heterocycles. The van der Waals surface area contributed by atoms with Gasteiger partial charge in [-0.25, -0.2) is 0 Å². The number of carbonyl (C=O) groups is 1. The topological polar surface area (TPSA) is 55.1 Å². The molecule has 0 unspecified atom stereocenters. The molecule has 0 spiro atoms. The van der Waals surface area contributed by atoms with Crippen molar-refractivity contribution in [1.29, 1.82) is 0 Å². The second kappa shape index (κ2) is 7.04. The highest BCUT2D eigenvalue weighted by atomic mass is 16.1. The fourth-order valence-corrected chi connectivity index (χ4v) is 2.22. The van der Waals surface area contributed by atoms with Crippen LogP contribution in [0, 0.1) is 0 Å². The molecule has 21 heavy (non-hydrogen) atoms. The zero-order valence-electron chi connectivity index (χ0n) is 12.6. The highest BCUT2D eigenvalue weighted by Gasteiger charge is 2.05. The molecule has 0 fully saturated rings. The van der Waals surface area contributed by atoms with Gasteiger partial charge in [-0.15, -0.1) is 0 Å². The van der Waals surface area contributed by atoms with Crippen LogP contribution in [0.1, 0.15) is 46.9 Å². The van der Waals surface area contributed by atoms with E-state index >= 15 is 0 Å². The van der Waals surface area contributed by atoms with E-state index in [1.807, 2.05) is 12.1 Å². The molecule has 1 atom stereocenters. The maximum absolute atomic E-state index is 11.0. The van der Waals surface area contributed by atoms with Crippen molar-refractivity contribution in [2.45, 2.75) is 32.9 Å². The molecule has 3 heteroatoms. The van der Waals surface area contributed by atoms with E-state index in [2.05, 4.69) is 43.4 Å². The standard InChI is InChI=1S/C18H22N2O/c1-3-14-4-8-16(9-5-14)13(2)20-12-15-6-10-17(11-7-15)18(19)21/h4-11,13,20H,3,12H2,1-2H3,(H2,19,21)/t13-/m1/s1. The predicted molar refractivity (Wildman–Crippen MR) is 86.0 cm³/mol.